The Kier molecular flexibility index (Phi) is 5.90. The summed E-state index contributed by atoms with van der Waals surface area (Å²) in [5.41, 5.74) is 3.34. The van der Waals surface area contributed by atoms with Crippen molar-refractivity contribution in [2.45, 2.75) is 42.7 Å². The van der Waals surface area contributed by atoms with E-state index in [1.54, 1.807) is 11.8 Å². The fourth-order valence-corrected chi connectivity index (χ4v) is 8.27. The van der Waals surface area contributed by atoms with E-state index in [0.29, 0.717) is 12.1 Å². The molecule has 34 heavy (non-hydrogen) atoms. The number of hydrogen-bond acceptors (Lipinski definition) is 5. The first kappa shape index (κ1) is 22.9. The fraction of sp³-hybridized carbons (Fsp3) is 0.423. The minimum Gasteiger partial charge on any atom is -0.395 e. The maximum absolute atomic E-state index is 13.7. The quantitative estimate of drug-likeness (QED) is 0.592. The van der Waals surface area contributed by atoms with Crippen LogP contribution in [0, 0.1) is 25.7 Å². The zero-order valence-electron chi connectivity index (χ0n) is 19.3. The second-order valence-corrected chi connectivity index (χ2v) is 11.0. The third-order valence-corrected chi connectivity index (χ3v) is 9.41. The third-order valence-electron chi connectivity index (χ3n) is 7.46. The van der Waals surface area contributed by atoms with Gasteiger partial charge in [0.05, 0.1) is 23.2 Å². The molecule has 3 aliphatic rings. The Balaban J connectivity index is 1.47. The summed E-state index contributed by atoms with van der Waals surface area (Å²) in [5, 5.41) is 15.7. The Morgan fingerprint density at radius 3 is 2.44 bits per heavy atom. The summed E-state index contributed by atoms with van der Waals surface area (Å²) in [6.07, 6.45) is 1.47. The number of likely N-dealkylation sites (tertiary alicyclic amines) is 1. The van der Waals surface area contributed by atoms with Crippen LogP contribution in [0.1, 0.15) is 24.0 Å². The van der Waals surface area contributed by atoms with Gasteiger partial charge in [-0.25, -0.2) is 0 Å². The van der Waals surface area contributed by atoms with Crippen LogP contribution in [0.25, 0.3) is 0 Å². The lowest BCUT2D eigenvalue weighted by Gasteiger charge is -2.34. The molecular weight excluding hydrogens is 450 g/mol. The molecule has 1 spiro atoms. The molecular formula is C26H29N3O4S. The molecule has 3 saturated heterocycles. The van der Waals surface area contributed by atoms with Crippen LogP contribution in [-0.2, 0) is 14.4 Å². The summed E-state index contributed by atoms with van der Waals surface area (Å²) in [7, 11) is 0. The highest BCUT2D eigenvalue weighted by Crippen LogP contribution is 2.66. The Bertz CT molecular complexity index is 1120. The molecule has 3 heterocycles. The van der Waals surface area contributed by atoms with Gasteiger partial charge < -0.3 is 20.6 Å². The number of nitrogens with one attached hydrogen (secondary N) is 2. The maximum atomic E-state index is 13.7. The van der Waals surface area contributed by atoms with Crippen LogP contribution in [0.5, 0.6) is 0 Å². The van der Waals surface area contributed by atoms with Gasteiger partial charge in [-0.05, 0) is 49.9 Å². The molecule has 0 saturated carbocycles. The standard InChI is InChI=1S/C26H29N3O4S/c1-15-7-6-8-16(2)21(15)28-24(32)22-26-12-11-18(34-26)19(20(26)25(33)29(22)13-14-30)23(31)27-17-9-4-3-5-10-17/h3-10,18-20,22,30H,11-14H2,1-2H3,(H,27,31)(H,28,32)/t18-,19+,20+,22?,26?/m1/s1. The van der Waals surface area contributed by atoms with E-state index >= 15 is 0 Å². The normalized spacial score (nSPS) is 29.3. The molecule has 2 aromatic rings. The molecule has 0 aliphatic carbocycles. The van der Waals surface area contributed by atoms with Crippen LogP contribution < -0.4 is 10.6 Å². The van der Waals surface area contributed by atoms with Gasteiger partial charge in [0.25, 0.3) is 0 Å². The van der Waals surface area contributed by atoms with Gasteiger partial charge in [0.15, 0.2) is 0 Å². The minimum atomic E-state index is -0.735. The smallest absolute Gasteiger partial charge is 0.248 e. The van der Waals surface area contributed by atoms with Crippen LogP contribution in [0.3, 0.4) is 0 Å². The Morgan fingerprint density at radius 1 is 1.06 bits per heavy atom. The molecule has 3 N–H and O–H groups in total. The molecule has 5 rings (SSSR count). The van der Waals surface area contributed by atoms with Crippen LogP contribution in [0.15, 0.2) is 48.5 Å². The summed E-state index contributed by atoms with van der Waals surface area (Å²) < 4.78 is -0.670. The number of fused-ring (bicyclic) bond motifs is 1. The zero-order chi connectivity index (χ0) is 24.0. The molecule has 7 nitrogen and oxygen atoms in total. The molecule has 3 fully saturated rings. The number of thioether (sulfide) groups is 1. The van der Waals surface area contributed by atoms with Gasteiger partial charge in [-0.3, -0.25) is 14.4 Å². The first-order valence-electron chi connectivity index (χ1n) is 11.7. The number of nitrogens with zero attached hydrogens (tertiary/aromatic N) is 1. The number of β-amino-alcohol motifs (C(OH)–C–C–N with tert-alkyl or cyclic N) is 1. The molecule has 0 aromatic heterocycles. The maximum Gasteiger partial charge on any atom is 0.248 e. The average Bonchev–Trinajstić information content (AvgIpc) is 3.45. The minimum absolute atomic E-state index is 0.00978. The Hall–Kier alpha value is -2.84. The second kappa shape index (κ2) is 8.74. The number of para-hydroxylation sites is 2. The molecule has 2 aromatic carbocycles. The molecule has 2 unspecified atom stereocenters. The SMILES string of the molecule is Cc1cccc(C)c1NC(=O)C1N(CCO)C(=O)[C@@H]2[C@@H](C(=O)Nc3ccccc3)[C@H]3CCC12S3. The van der Waals surface area contributed by atoms with Crippen LogP contribution in [-0.4, -0.2) is 56.9 Å². The van der Waals surface area contributed by atoms with Crippen molar-refractivity contribution in [3.63, 3.8) is 0 Å². The van der Waals surface area contributed by atoms with E-state index in [1.165, 1.54) is 4.90 Å². The van der Waals surface area contributed by atoms with E-state index in [-0.39, 0.29) is 36.1 Å². The molecule has 8 heteroatoms. The number of carbonyl (C=O) groups is 3. The van der Waals surface area contributed by atoms with Gasteiger partial charge in [0.2, 0.25) is 17.7 Å². The van der Waals surface area contributed by atoms with Crippen molar-refractivity contribution in [3.05, 3.63) is 59.7 Å². The van der Waals surface area contributed by atoms with Gasteiger partial charge in [0.1, 0.15) is 6.04 Å². The fourth-order valence-electron chi connectivity index (χ4n) is 6.05. The lowest BCUT2D eigenvalue weighted by molar-refractivity contribution is -0.138. The van der Waals surface area contributed by atoms with Crippen molar-refractivity contribution in [2.75, 3.05) is 23.8 Å². The summed E-state index contributed by atoms with van der Waals surface area (Å²) in [5.74, 6) is -1.73. The van der Waals surface area contributed by atoms with Gasteiger partial charge in [-0.15, -0.1) is 11.8 Å². The van der Waals surface area contributed by atoms with Crippen LogP contribution in [0.4, 0.5) is 11.4 Å². The van der Waals surface area contributed by atoms with E-state index in [2.05, 4.69) is 10.6 Å². The highest BCUT2D eigenvalue weighted by Gasteiger charge is 2.73. The second-order valence-electron chi connectivity index (χ2n) is 9.42. The molecule has 178 valence electrons. The number of aryl methyl sites for hydroxylation is 2. The van der Waals surface area contributed by atoms with Crippen molar-refractivity contribution < 1.29 is 19.5 Å². The summed E-state index contributed by atoms with van der Waals surface area (Å²) >= 11 is 1.62. The topological polar surface area (TPSA) is 98.7 Å². The van der Waals surface area contributed by atoms with E-state index in [0.717, 1.165) is 23.2 Å². The predicted molar refractivity (Wildman–Crippen MR) is 133 cm³/mol. The van der Waals surface area contributed by atoms with E-state index in [9.17, 15) is 19.5 Å². The van der Waals surface area contributed by atoms with Crippen LogP contribution in [0.2, 0.25) is 0 Å². The Labute approximate surface area is 203 Å². The van der Waals surface area contributed by atoms with Crippen LogP contribution >= 0.6 is 11.8 Å². The van der Waals surface area contributed by atoms with E-state index in [1.807, 2.05) is 62.4 Å². The lowest BCUT2D eigenvalue weighted by Crippen LogP contribution is -2.52. The number of rotatable bonds is 6. The number of hydrogen-bond donors (Lipinski definition) is 3. The molecule has 5 atom stereocenters. The number of amides is 3. The van der Waals surface area contributed by atoms with Gasteiger partial charge >= 0.3 is 0 Å². The molecule has 3 amide bonds. The highest BCUT2D eigenvalue weighted by molar-refractivity contribution is 8.02. The molecule has 2 bridgehead atoms. The van der Waals surface area contributed by atoms with Crippen molar-refractivity contribution in [3.8, 4) is 0 Å². The number of anilines is 2. The van der Waals surface area contributed by atoms with E-state index in [4.69, 9.17) is 0 Å². The zero-order valence-corrected chi connectivity index (χ0v) is 20.1. The number of aliphatic hydroxyl groups is 1. The van der Waals surface area contributed by atoms with Crippen molar-refractivity contribution in [1.29, 1.82) is 0 Å². The summed E-state index contributed by atoms with van der Waals surface area (Å²) in [6, 6.07) is 14.3. The van der Waals surface area contributed by atoms with Crippen molar-refractivity contribution in [2.24, 2.45) is 11.8 Å². The van der Waals surface area contributed by atoms with E-state index < -0.39 is 22.6 Å². The lowest BCUT2D eigenvalue weighted by atomic mass is 9.70. The average molecular weight is 480 g/mol. The molecule has 0 radical (unpaired) electrons. The molecule has 3 aliphatic heterocycles. The first-order chi connectivity index (χ1) is 16.4. The third kappa shape index (κ3) is 3.51. The van der Waals surface area contributed by atoms with Gasteiger partial charge in [-0.2, -0.15) is 0 Å². The predicted octanol–water partition coefficient (Wildman–Crippen LogP) is 2.96. The first-order valence-corrected chi connectivity index (χ1v) is 12.6. The number of aliphatic hydroxyl groups excluding tert-OH is 1. The number of benzene rings is 2. The van der Waals surface area contributed by atoms with Crippen molar-refractivity contribution >= 4 is 40.9 Å². The van der Waals surface area contributed by atoms with Gasteiger partial charge in [-0.1, -0.05) is 36.4 Å². The monoisotopic (exact) mass is 479 g/mol. The summed E-state index contributed by atoms with van der Waals surface area (Å²) in [4.78, 5) is 42.3. The Morgan fingerprint density at radius 2 is 1.76 bits per heavy atom. The number of carbonyl (C=O) groups excluding carboxylic acids is 3. The summed E-state index contributed by atoms with van der Waals surface area (Å²) in [6.45, 7) is 3.71. The largest absolute Gasteiger partial charge is 0.395 e. The van der Waals surface area contributed by atoms with Crippen molar-refractivity contribution in [1.82, 2.24) is 4.90 Å². The van der Waals surface area contributed by atoms with Gasteiger partial charge in [0, 0.05) is 23.2 Å². The highest BCUT2D eigenvalue weighted by atomic mass is 32.2.